The number of nitriles is 1. The Morgan fingerprint density at radius 2 is 1.86 bits per heavy atom. The van der Waals surface area contributed by atoms with Gasteiger partial charge in [0.1, 0.15) is 11.6 Å². The Morgan fingerprint density at radius 1 is 1.21 bits per heavy atom. The van der Waals surface area contributed by atoms with E-state index in [1.165, 1.54) is 18.2 Å². The number of ether oxygens (including phenoxy) is 1. The fourth-order valence-electron chi connectivity index (χ4n) is 2.18. The summed E-state index contributed by atoms with van der Waals surface area (Å²) < 4.78 is 5.03. The maximum absolute atomic E-state index is 12.4. The largest absolute Gasteiger partial charge is 0.479 e. The van der Waals surface area contributed by atoms with Crippen LogP contribution in [0.5, 0.6) is 5.75 Å². The van der Waals surface area contributed by atoms with Crippen molar-refractivity contribution in [3.05, 3.63) is 62.1 Å². The second kappa shape index (κ2) is 9.47. The highest BCUT2D eigenvalue weighted by atomic mass is 35.5. The molecule has 0 unspecified atom stereocenters. The Kier molecular flexibility index (Phi) is 7.30. The van der Waals surface area contributed by atoms with Crippen LogP contribution < -0.4 is 10.1 Å². The van der Waals surface area contributed by atoms with E-state index in [1.807, 2.05) is 6.07 Å². The lowest BCUT2D eigenvalue weighted by Gasteiger charge is -2.10. The van der Waals surface area contributed by atoms with Gasteiger partial charge in [0.25, 0.3) is 5.91 Å². The topological polar surface area (TPSA) is 99.4 Å². The molecule has 0 bridgehead atoms. The van der Waals surface area contributed by atoms with E-state index in [-0.39, 0.29) is 21.4 Å². The fourth-order valence-corrected chi connectivity index (χ4v) is 2.97. The summed E-state index contributed by atoms with van der Waals surface area (Å²) >= 11 is 18.2. The average Bonchev–Trinajstić information content (AvgIpc) is 2.62. The van der Waals surface area contributed by atoms with Crippen molar-refractivity contribution in [2.75, 3.05) is 11.9 Å². The SMILES string of the molecule is Cc1c(Cl)cccc1NC(=O)/C(C#N)=C\c1cc(Cl)c(OCC(=O)O)c(Cl)c1. The van der Waals surface area contributed by atoms with Gasteiger partial charge in [-0.15, -0.1) is 0 Å². The van der Waals surface area contributed by atoms with E-state index in [0.29, 0.717) is 21.8 Å². The minimum atomic E-state index is -1.18. The number of anilines is 1. The zero-order valence-corrected chi connectivity index (χ0v) is 16.7. The van der Waals surface area contributed by atoms with E-state index in [9.17, 15) is 14.9 Å². The van der Waals surface area contributed by atoms with Crippen LogP contribution in [0.1, 0.15) is 11.1 Å². The molecule has 0 aliphatic carbocycles. The Bertz CT molecular complexity index is 990. The number of hydrogen-bond donors (Lipinski definition) is 2. The van der Waals surface area contributed by atoms with Gasteiger partial charge in [0.2, 0.25) is 0 Å². The molecule has 0 saturated carbocycles. The van der Waals surface area contributed by atoms with Gasteiger partial charge in [0.05, 0.1) is 10.0 Å². The van der Waals surface area contributed by atoms with Gasteiger partial charge in [-0.2, -0.15) is 5.26 Å². The molecule has 6 nitrogen and oxygen atoms in total. The van der Waals surface area contributed by atoms with Crippen molar-refractivity contribution in [1.29, 1.82) is 5.26 Å². The number of carboxylic acids is 1. The second-order valence-electron chi connectivity index (χ2n) is 5.53. The molecule has 2 N–H and O–H groups in total. The van der Waals surface area contributed by atoms with Crippen LogP contribution in [0.25, 0.3) is 6.08 Å². The maximum Gasteiger partial charge on any atom is 0.341 e. The standard InChI is InChI=1S/C19H13Cl3N2O4/c1-10-13(20)3-2-4-16(10)24-19(27)12(8-23)5-11-6-14(21)18(15(22)7-11)28-9-17(25)26/h2-7H,9H2,1H3,(H,24,27)(H,25,26)/b12-5-. The van der Waals surface area contributed by atoms with Gasteiger partial charge < -0.3 is 15.2 Å². The molecule has 0 atom stereocenters. The number of nitrogens with one attached hydrogen (secondary N) is 1. The summed E-state index contributed by atoms with van der Waals surface area (Å²) in [5.74, 6) is -1.82. The predicted octanol–water partition coefficient (Wildman–Crippen LogP) is 4.96. The number of halogens is 3. The van der Waals surface area contributed by atoms with Crippen LogP contribution in [0.15, 0.2) is 35.9 Å². The molecule has 0 spiro atoms. The molecule has 0 radical (unpaired) electrons. The third kappa shape index (κ3) is 5.40. The summed E-state index contributed by atoms with van der Waals surface area (Å²) in [4.78, 5) is 23.0. The van der Waals surface area contributed by atoms with Gasteiger partial charge in [0, 0.05) is 10.7 Å². The summed E-state index contributed by atoms with van der Waals surface area (Å²) in [5, 5.41) is 21.2. The first-order valence-corrected chi connectivity index (χ1v) is 8.88. The van der Waals surface area contributed by atoms with Crippen molar-refractivity contribution in [3.8, 4) is 11.8 Å². The van der Waals surface area contributed by atoms with Crippen LogP contribution in [0.2, 0.25) is 15.1 Å². The number of hydrogen-bond acceptors (Lipinski definition) is 4. The number of aliphatic carboxylic acids is 1. The van der Waals surface area contributed by atoms with Gasteiger partial charge in [-0.25, -0.2) is 4.79 Å². The Labute approximate surface area is 175 Å². The van der Waals surface area contributed by atoms with Crippen LogP contribution in [0, 0.1) is 18.3 Å². The molecule has 0 aliphatic heterocycles. The molecule has 28 heavy (non-hydrogen) atoms. The number of benzene rings is 2. The Hall–Kier alpha value is -2.72. The number of nitrogens with zero attached hydrogens (tertiary/aromatic N) is 1. The van der Waals surface area contributed by atoms with Crippen molar-refractivity contribution in [2.45, 2.75) is 6.92 Å². The summed E-state index contributed by atoms with van der Waals surface area (Å²) in [7, 11) is 0. The van der Waals surface area contributed by atoms with E-state index < -0.39 is 18.5 Å². The first-order chi connectivity index (χ1) is 13.2. The third-order valence-corrected chi connectivity index (χ3v) is 4.52. The summed E-state index contributed by atoms with van der Waals surface area (Å²) in [6.07, 6.45) is 1.30. The number of rotatable bonds is 6. The minimum absolute atomic E-state index is 0.000365. The van der Waals surface area contributed by atoms with Gasteiger partial charge >= 0.3 is 5.97 Å². The zero-order valence-electron chi connectivity index (χ0n) is 14.4. The highest BCUT2D eigenvalue weighted by Gasteiger charge is 2.14. The minimum Gasteiger partial charge on any atom is -0.479 e. The van der Waals surface area contributed by atoms with E-state index in [2.05, 4.69) is 5.32 Å². The quantitative estimate of drug-likeness (QED) is 0.489. The molecular weight excluding hydrogens is 427 g/mol. The molecule has 2 aromatic rings. The van der Waals surface area contributed by atoms with Gasteiger partial charge in [0.15, 0.2) is 12.4 Å². The molecule has 1 amide bonds. The summed E-state index contributed by atoms with van der Waals surface area (Å²) in [6, 6.07) is 9.65. The van der Waals surface area contributed by atoms with Crippen molar-refractivity contribution in [2.24, 2.45) is 0 Å². The van der Waals surface area contributed by atoms with Crippen LogP contribution in [0.4, 0.5) is 5.69 Å². The van der Waals surface area contributed by atoms with Crippen molar-refractivity contribution in [1.82, 2.24) is 0 Å². The van der Waals surface area contributed by atoms with Crippen LogP contribution >= 0.6 is 34.8 Å². The van der Waals surface area contributed by atoms with Crippen molar-refractivity contribution < 1.29 is 19.4 Å². The molecule has 2 aromatic carbocycles. The van der Waals surface area contributed by atoms with Crippen LogP contribution in [-0.2, 0) is 9.59 Å². The number of carbonyl (C=O) groups excluding carboxylic acids is 1. The molecule has 0 saturated heterocycles. The molecule has 9 heteroatoms. The molecule has 144 valence electrons. The molecule has 0 fully saturated rings. The Balaban J connectivity index is 2.28. The molecule has 2 rings (SSSR count). The lowest BCUT2D eigenvalue weighted by Crippen LogP contribution is -2.14. The van der Waals surface area contributed by atoms with E-state index >= 15 is 0 Å². The first-order valence-electron chi connectivity index (χ1n) is 7.74. The van der Waals surface area contributed by atoms with Crippen molar-refractivity contribution >= 4 is 58.4 Å². The van der Waals surface area contributed by atoms with Gasteiger partial charge in [-0.1, -0.05) is 40.9 Å². The average molecular weight is 440 g/mol. The van der Waals surface area contributed by atoms with Crippen LogP contribution in [0.3, 0.4) is 0 Å². The highest BCUT2D eigenvalue weighted by Crippen LogP contribution is 2.35. The third-order valence-electron chi connectivity index (χ3n) is 3.55. The molecule has 0 heterocycles. The van der Waals surface area contributed by atoms with E-state index in [1.54, 1.807) is 25.1 Å². The lowest BCUT2D eigenvalue weighted by molar-refractivity contribution is -0.139. The van der Waals surface area contributed by atoms with Crippen LogP contribution in [-0.4, -0.2) is 23.6 Å². The summed E-state index contributed by atoms with van der Waals surface area (Å²) in [5.41, 5.74) is 1.32. The van der Waals surface area contributed by atoms with Gasteiger partial charge in [-0.3, -0.25) is 4.79 Å². The van der Waals surface area contributed by atoms with Crippen molar-refractivity contribution in [3.63, 3.8) is 0 Å². The highest BCUT2D eigenvalue weighted by molar-refractivity contribution is 6.37. The fraction of sp³-hybridized carbons (Fsp3) is 0.105. The number of amides is 1. The normalized spacial score (nSPS) is 10.9. The smallest absolute Gasteiger partial charge is 0.341 e. The first kappa shape index (κ1) is 21.6. The second-order valence-corrected chi connectivity index (χ2v) is 6.75. The zero-order chi connectivity index (χ0) is 20.8. The molecular formula is C19H13Cl3N2O4. The lowest BCUT2D eigenvalue weighted by atomic mass is 10.1. The Morgan fingerprint density at radius 3 is 2.43 bits per heavy atom. The molecule has 0 aliphatic rings. The number of carboxylic acid groups (broad SMARTS) is 1. The monoisotopic (exact) mass is 438 g/mol. The van der Waals surface area contributed by atoms with Gasteiger partial charge in [-0.05, 0) is 48.4 Å². The molecule has 0 aromatic heterocycles. The van der Waals surface area contributed by atoms with E-state index in [4.69, 9.17) is 44.6 Å². The summed E-state index contributed by atoms with van der Waals surface area (Å²) in [6.45, 7) is 1.13. The number of carbonyl (C=O) groups is 2. The van der Waals surface area contributed by atoms with E-state index in [0.717, 1.165) is 0 Å². The predicted molar refractivity (Wildman–Crippen MR) is 108 cm³/mol. The maximum atomic E-state index is 12.4.